The van der Waals surface area contributed by atoms with Crippen LogP contribution in [0.25, 0.3) is 0 Å². The van der Waals surface area contributed by atoms with Gasteiger partial charge in [0.05, 0.1) is 24.5 Å². The van der Waals surface area contributed by atoms with E-state index in [1.165, 1.54) is 37.3 Å². The Morgan fingerprint density at radius 1 is 1.04 bits per heavy atom. The number of halogens is 1. The van der Waals surface area contributed by atoms with Gasteiger partial charge in [0.25, 0.3) is 5.91 Å². The Bertz CT molecular complexity index is 809. The Labute approximate surface area is 157 Å². The molecular weight excluding hydrogens is 353 g/mol. The van der Waals surface area contributed by atoms with Gasteiger partial charge in [-0.05, 0) is 51.1 Å². The highest BCUT2D eigenvalue weighted by molar-refractivity contribution is 5.97. The van der Waals surface area contributed by atoms with Crippen LogP contribution in [0.5, 0.6) is 11.5 Å². The molecule has 1 amide bonds. The molecule has 7 heteroatoms. The molecule has 1 atom stereocenters. The number of anilines is 1. The molecule has 0 saturated heterocycles. The third-order valence-corrected chi connectivity index (χ3v) is 3.56. The molecule has 0 aliphatic carbocycles. The minimum Gasteiger partial charge on any atom is -0.490 e. The maximum atomic E-state index is 13.6. The van der Waals surface area contributed by atoms with Crippen LogP contribution < -0.4 is 14.8 Å². The summed E-state index contributed by atoms with van der Waals surface area (Å²) in [5.74, 6) is -0.977. The van der Waals surface area contributed by atoms with Gasteiger partial charge in [-0.2, -0.15) is 0 Å². The summed E-state index contributed by atoms with van der Waals surface area (Å²) < 4.78 is 29.7. The molecule has 1 N–H and O–H groups in total. The van der Waals surface area contributed by atoms with Gasteiger partial charge in [0.2, 0.25) is 0 Å². The smallest absolute Gasteiger partial charge is 0.339 e. The van der Waals surface area contributed by atoms with Gasteiger partial charge in [-0.3, -0.25) is 4.79 Å². The number of esters is 1. The van der Waals surface area contributed by atoms with E-state index in [-0.39, 0.29) is 11.3 Å². The summed E-state index contributed by atoms with van der Waals surface area (Å²) in [5, 5.41) is 2.39. The zero-order valence-electron chi connectivity index (χ0n) is 15.5. The van der Waals surface area contributed by atoms with Gasteiger partial charge in [0.15, 0.2) is 17.6 Å². The van der Waals surface area contributed by atoms with Crippen molar-refractivity contribution in [3.05, 3.63) is 53.8 Å². The Hall–Kier alpha value is -3.09. The summed E-state index contributed by atoms with van der Waals surface area (Å²) in [4.78, 5) is 24.5. The van der Waals surface area contributed by atoms with E-state index >= 15 is 0 Å². The van der Waals surface area contributed by atoms with Crippen LogP contribution in [0.1, 0.15) is 31.1 Å². The van der Waals surface area contributed by atoms with Crippen LogP contribution in [-0.4, -0.2) is 31.2 Å². The number of hydrogen-bond acceptors (Lipinski definition) is 5. The second-order valence-electron chi connectivity index (χ2n) is 5.54. The van der Waals surface area contributed by atoms with E-state index in [0.29, 0.717) is 24.7 Å². The summed E-state index contributed by atoms with van der Waals surface area (Å²) in [6, 6.07) is 10.4. The number of amides is 1. The molecule has 0 aromatic heterocycles. The highest BCUT2D eigenvalue weighted by Crippen LogP contribution is 2.29. The SMILES string of the molecule is CCOc1ccc(C(=O)O[C@H](C)C(=O)Nc2ccccc2F)cc1OCC. The summed E-state index contributed by atoms with van der Waals surface area (Å²) in [5.41, 5.74) is 0.234. The molecule has 0 heterocycles. The first-order valence-electron chi connectivity index (χ1n) is 8.62. The molecule has 144 valence electrons. The van der Waals surface area contributed by atoms with Gasteiger partial charge in [0.1, 0.15) is 5.82 Å². The van der Waals surface area contributed by atoms with Crippen molar-refractivity contribution in [2.45, 2.75) is 26.9 Å². The van der Waals surface area contributed by atoms with Gasteiger partial charge in [-0.15, -0.1) is 0 Å². The molecule has 0 aliphatic rings. The standard InChI is InChI=1S/C20H22FNO5/c1-4-25-17-11-10-14(12-18(17)26-5-2)20(24)27-13(3)19(23)22-16-9-7-6-8-15(16)21/h6-13H,4-5H2,1-3H3,(H,22,23)/t13-/m1/s1. The highest BCUT2D eigenvalue weighted by Gasteiger charge is 2.21. The summed E-state index contributed by atoms with van der Waals surface area (Å²) >= 11 is 0. The molecule has 0 saturated carbocycles. The molecule has 6 nitrogen and oxygen atoms in total. The van der Waals surface area contributed by atoms with Crippen molar-refractivity contribution in [2.24, 2.45) is 0 Å². The molecule has 2 aromatic carbocycles. The van der Waals surface area contributed by atoms with E-state index in [4.69, 9.17) is 14.2 Å². The molecule has 2 aromatic rings. The summed E-state index contributed by atoms with van der Waals surface area (Å²) in [6.07, 6.45) is -1.11. The Balaban J connectivity index is 2.06. The van der Waals surface area contributed by atoms with E-state index in [0.717, 1.165) is 0 Å². The molecule has 27 heavy (non-hydrogen) atoms. The van der Waals surface area contributed by atoms with E-state index < -0.39 is 23.8 Å². The molecule has 0 unspecified atom stereocenters. The monoisotopic (exact) mass is 375 g/mol. The second-order valence-corrected chi connectivity index (χ2v) is 5.54. The van der Waals surface area contributed by atoms with Crippen LogP contribution in [0.3, 0.4) is 0 Å². The van der Waals surface area contributed by atoms with Crippen molar-refractivity contribution in [1.82, 2.24) is 0 Å². The topological polar surface area (TPSA) is 73.9 Å². The van der Waals surface area contributed by atoms with E-state index in [9.17, 15) is 14.0 Å². The lowest BCUT2D eigenvalue weighted by atomic mass is 10.2. The molecular formula is C20H22FNO5. The number of para-hydroxylation sites is 1. The van der Waals surface area contributed by atoms with E-state index in [1.54, 1.807) is 12.1 Å². The maximum absolute atomic E-state index is 13.6. The zero-order chi connectivity index (χ0) is 19.8. The van der Waals surface area contributed by atoms with Crippen LogP contribution in [0, 0.1) is 5.82 Å². The van der Waals surface area contributed by atoms with Crippen LogP contribution >= 0.6 is 0 Å². The van der Waals surface area contributed by atoms with Gasteiger partial charge < -0.3 is 19.5 Å². The molecule has 0 aliphatic heterocycles. The maximum Gasteiger partial charge on any atom is 0.339 e. The Morgan fingerprint density at radius 3 is 2.37 bits per heavy atom. The average Bonchev–Trinajstić information content (AvgIpc) is 2.65. The highest BCUT2D eigenvalue weighted by atomic mass is 19.1. The van der Waals surface area contributed by atoms with Crippen molar-refractivity contribution in [3.63, 3.8) is 0 Å². The van der Waals surface area contributed by atoms with Gasteiger partial charge in [0, 0.05) is 0 Å². The summed E-state index contributed by atoms with van der Waals surface area (Å²) in [6.45, 7) is 5.92. The fraction of sp³-hybridized carbons (Fsp3) is 0.300. The lowest BCUT2D eigenvalue weighted by Gasteiger charge is -2.15. The first-order chi connectivity index (χ1) is 13.0. The second kappa shape index (κ2) is 9.56. The molecule has 0 radical (unpaired) electrons. The van der Waals surface area contributed by atoms with Gasteiger partial charge in [-0.1, -0.05) is 12.1 Å². The normalized spacial score (nSPS) is 11.4. The fourth-order valence-corrected chi connectivity index (χ4v) is 2.26. The van der Waals surface area contributed by atoms with Crippen molar-refractivity contribution < 1.29 is 28.2 Å². The van der Waals surface area contributed by atoms with Crippen LogP contribution in [0.2, 0.25) is 0 Å². The number of rotatable bonds is 8. The number of carbonyl (C=O) groups excluding carboxylic acids is 2. The number of nitrogens with one attached hydrogen (secondary N) is 1. The molecule has 0 bridgehead atoms. The third kappa shape index (κ3) is 5.44. The third-order valence-electron chi connectivity index (χ3n) is 3.56. The van der Waals surface area contributed by atoms with Crippen LogP contribution in [0.4, 0.5) is 10.1 Å². The molecule has 2 rings (SSSR count). The zero-order valence-corrected chi connectivity index (χ0v) is 15.5. The van der Waals surface area contributed by atoms with Crippen molar-refractivity contribution in [1.29, 1.82) is 0 Å². The summed E-state index contributed by atoms with van der Waals surface area (Å²) in [7, 11) is 0. The molecule has 0 spiro atoms. The quantitative estimate of drug-likeness (QED) is 0.711. The van der Waals surface area contributed by atoms with Crippen LogP contribution in [-0.2, 0) is 9.53 Å². The van der Waals surface area contributed by atoms with E-state index in [1.807, 2.05) is 13.8 Å². The van der Waals surface area contributed by atoms with Crippen molar-refractivity contribution in [2.75, 3.05) is 18.5 Å². The number of hydrogen-bond donors (Lipinski definition) is 1. The number of carbonyl (C=O) groups is 2. The largest absolute Gasteiger partial charge is 0.490 e. The van der Waals surface area contributed by atoms with Gasteiger partial charge in [-0.25, -0.2) is 9.18 Å². The van der Waals surface area contributed by atoms with Crippen molar-refractivity contribution in [3.8, 4) is 11.5 Å². The lowest BCUT2D eigenvalue weighted by molar-refractivity contribution is -0.123. The Kier molecular flexibility index (Phi) is 7.16. The van der Waals surface area contributed by atoms with Gasteiger partial charge >= 0.3 is 5.97 Å². The predicted octanol–water partition coefficient (Wildman–Crippen LogP) is 3.81. The fourth-order valence-electron chi connectivity index (χ4n) is 2.26. The van der Waals surface area contributed by atoms with E-state index in [2.05, 4.69) is 5.32 Å². The first kappa shape index (κ1) is 20.2. The first-order valence-corrected chi connectivity index (χ1v) is 8.62. The molecule has 0 fully saturated rings. The Morgan fingerprint density at radius 2 is 1.70 bits per heavy atom. The minimum absolute atomic E-state index is 0.0186. The van der Waals surface area contributed by atoms with Crippen LogP contribution in [0.15, 0.2) is 42.5 Å². The average molecular weight is 375 g/mol. The van der Waals surface area contributed by atoms with Crippen molar-refractivity contribution >= 4 is 17.6 Å². The lowest BCUT2D eigenvalue weighted by Crippen LogP contribution is -2.30. The number of benzene rings is 2. The number of ether oxygens (including phenoxy) is 3. The minimum atomic E-state index is -1.11. The predicted molar refractivity (Wildman–Crippen MR) is 98.7 cm³/mol.